The van der Waals surface area contributed by atoms with Crippen molar-refractivity contribution in [3.05, 3.63) is 94.5 Å². The van der Waals surface area contributed by atoms with E-state index in [1.165, 1.54) is 23.9 Å². The summed E-state index contributed by atoms with van der Waals surface area (Å²) in [5, 5.41) is 6.12. The number of amides is 1. The van der Waals surface area contributed by atoms with E-state index in [1.54, 1.807) is 6.07 Å². The maximum Gasteiger partial charge on any atom is 0.270 e. The highest BCUT2D eigenvalue weighted by atomic mass is 19.2. The number of halogens is 2. The predicted octanol–water partition coefficient (Wildman–Crippen LogP) is 4.09. The van der Waals surface area contributed by atoms with Crippen molar-refractivity contribution >= 4 is 23.1 Å². The molecule has 2 aromatic carbocycles. The third kappa shape index (κ3) is 5.07. The van der Waals surface area contributed by atoms with Gasteiger partial charge in [-0.15, -0.1) is 0 Å². The lowest BCUT2D eigenvalue weighted by Crippen LogP contribution is -2.44. The molecule has 168 valence electrons. The van der Waals surface area contributed by atoms with E-state index >= 15 is 0 Å². The molecular weight excluding hydrogens is 426 g/mol. The van der Waals surface area contributed by atoms with E-state index < -0.39 is 17.5 Å². The number of hydrogen-bond acceptors (Lipinski definition) is 5. The highest BCUT2D eigenvalue weighted by Gasteiger charge is 2.29. The Morgan fingerprint density at radius 2 is 1.97 bits per heavy atom. The van der Waals surface area contributed by atoms with Crippen LogP contribution in [0.25, 0.3) is 4.85 Å². The summed E-state index contributed by atoms with van der Waals surface area (Å²) in [6.45, 7) is 9.09. The van der Waals surface area contributed by atoms with Gasteiger partial charge in [-0.25, -0.2) is 25.2 Å². The van der Waals surface area contributed by atoms with Gasteiger partial charge in [0.1, 0.15) is 5.82 Å². The third-order valence-electron chi connectivity index (χ3n) is 5.55. The lowest BCUT2D eigenvalue weighted by atomic mass is 9.92. The second-order valence-electron chi connectivity index (χ2n) is 7.83. The van der Waals surface area contributed by atoms with Gasteiger partial charge in [-0.3, -0.25) is 9.64 Å². The topological polar surface area (TPSA) is 87.6 Å². The highest BCUT2D eigenvalue weighted by Crippen LogP contribution is 2.29. The molecule has 0 radical (unpaired) electrons. The maximum atomic E-state index is 14.0. The number of carbonyl (C=O) groups is 1. The molecule has 3 aromatic rings. The summed E-state index contributed by atoms with van der Waals surface area (Å²) in [5.41, 5.74) is 8.07. The molecular formula is C24H22F2N6O. The van der Waals surface area contributed by atoms with Gasteiger partial charge in [0, 0.05) is 49.1 Å². The van der Waals surface area contributed by atoms with Crippen LogP contribution in [0.1, 0.15) is 27.4 Å². The number of nitrogens with zero attached hydrogens (tertiary/aromatic N) is 3. The van der Waals surface area contributed by atoms with Crippen LogP contribution in [0.2, 0.25) is 0 Å². The van der Waals surface area contributed by atoms with Gasteiger partial charge in [0.15, 0.2) is 11.6 Å². The molecule has 7 nitrogen and oxygen atoms in total. The number of primary amides is 1. The number of nitrogens with one attached hydrogen (secondary N) is 2. The second kappa shape index (κ2) is 9.63. The van der Waals surface area contributed by atoms with Crippen molar-refractivity contribution in [3.8, 4) is 0 Å². The Hall–Kier alpha value is -4.03. The lowest BCUT2D eigenvalue weighted by molar-refractivity contribution is 0.100. The van der Waals surface area contributed by atoms with Crippen LogP contribution in [0.4, 0.5) is 26.0 Å². The summed E-state index contributed by atoms with van der Waals surface area (Å²) in [4.78, 5) is 21.5. The van der Waals surface area contributed by atoms with Crippen LogP contribution >= 0.6 is 0 Å². The van der Waals surface area contributed by atoms with Gasteiger partial charge in [-0.05, 0) is 23.8 Å². The Kier molecular flexibility index (Phi) is 6.47. The number of aromatic nitrogens is 1. The van der Waals surface area contributed by atoms with Gasteiger partial charge in [-0.1, -0.05) is 24.3 Å². The summed E-state index contributed by atoms with van der Waals surface area (Å²) in [6, 6.07) is 13.5. The monoisotopic (exact) mass is 448 g/mol. The molecule has 1 aromatic heterocycles. The van der Waals surface area contributed by atoms with E-state index in [4.69, 9.17) is 12.3 Å². The zero-order chi connectivity index (χ0) is 23.4. The first kappa shape index (κ1) is 22.2. The number of anilines is 3. The van der Waals surface area contributed by atoms with Crippen molar-refractivity contribution in [1.29, 1.82) is 0 Å². The molecule has 9 heteroatoms. The van der Waals surface area contributed by atoms with Crippen LogP contribution in [0.5, 0.6) is 0 Å². The number of nitrogens with two attached hydrogens (primary N) is 1. The first-order valence-corrected chi connectivity index (χ1v) is 10.3. The summed E-state index contributed by atoms with van der Waals surface area (Å²) >= 11 is 0. The van der Waals surface area contributed by atoms with Crippen LogP contribution < -0.4 is 16.4 Å². The van der Waals surface area contributed by atoms with E-state index in [-0.39, 0.29) is 17.7 Å². The van der Waals surface area contributed by atoms with Gasteiger partial charge in [0.2, 0.25) is 0 Å². The van der Waals surface area contributed by atoms with Gasteiger partial charge in [0.25, 0.3) is 12.6 Å². The molecule has 0 bridgehead atoms. The SMILES string of the molecule is [C-]#[N+]CN1CC(c2ccc(Nc3cc(NCc4cccc(F)c4F)c(C(N)=O)cn3)cc2)C1. The van der Waals surface area contributed by atoms with Crippen molar-refractivity contribution in [3.63, 3.8) is 0 Å². The number of rotatable bonds is 8. The van der Waals surface area contributed by atoms with Gasteiger partial charge in [0.05, 0.1) is 11.3 Å². The average Bonchev–Trinajstić information content (AvgIpc) is 2.77. The summed E-state index contributed by atoms with van der Waals surface area (Å²) < 4.78 is 27.4. The zero-order valence-corrected chi connectivity index (χ0v) is 17.7. The van der Waals surface area contributed by atoms with Crippen LogP contribution in [0, 0.1) is 18.2 Å². The van der Waals surface area contributed by atoms with Crippen molar-refractivity contribution in [2.24, 2.45) is 5.73 Å². The molecule has 0 saturated carbocycles. The Morgan fingerprint density at radius 3 is 2.67 bits per heavy atom. The number of hydrogen-bond donors (Lipinski definition) is 3. The van der Waals surface area contributed by atoms with Crippen molar-refractivity contribution < 1.29 is 13.6 Å². The molecule has 1 aliphatic rings. The fourth-order valence-corrected chi connectivity index (χ4v) is 3.72. The summed E-state index contributed by atoms with van der Waals surface area (Å²) in [5.74, 6) is -1.68. The first-order valence-electron chi connectivity index (χ1n) is 10.3. The Bertz CT molecular complexity index is 1200. The first-order chi connectivity index (χ1) is 15.9. The third-order valence-corrected chi connectivity index (χ3v) is 5.55. The van der Waals surface area contributed by atoms with Crippen LogP contribution in [0.15, 0.2) is 54.7 Å². The second-order valence-corrected chi connectivity index (χ2v) is 7.83. The van der Waals surface area contributed by atoms with Crippen molar-refractivity contribution in [2.45, 2.75) is 12.5 Å². The molecule has 0 aliphatic carbocycles. The smallest absolute Gasteiger partial charge is 0.270 e. The molecule has 1 aliphatic heterocycles. The fourth-order valence-electron chi connectivity index (χ4n) is 3.72. The molecule has 0 unspecified atom stereocenters. The highest BCUT2D eigenvalue weighted by molar-refractivity contribution is 5.98. The van der Waals surface area contributed by atoms with E-state index in [1.807, 2.05) is 24.3 Å². The standard InChI is InChI=1S/C24H22F2N6O/c1-28-14-32-12-17(13-32)15-5-7-18(8-6-15)31-22-9-21(19(11-30-22)24(27)33)29-10-16-3-2-4-20(25)23(16)26/h2-9,11,17H,10,12-14H2,(H2,27,33)(H2,29,30,31). The number of likely N-dealkylation sites (tertiary alicyclic amines) is 1. The Balaban J connectivity index is 1.45. The molecule has 0 atom stereocenters. The van der Waals surface area contributed by atoms with Crippen molar-refractivity contribution in [1.82, 2.24) is 9.88 Å². The van der Waals surface area contributed by atoms with E-state index in [0.29, 0.717) is 24.1 Å². The quantitative estimate of drug-likeness (QED) is 0.452. The van der Waals surface area contributed by atoms with Crippen LogP contribution in [-0.4, -0.2) is 35.5 Å². The number of carbonyl (C=O) groups excluding carboxylic acids is 1. The normalized spacial score (nSPS) is 13.7. The van der Waals surface area contributed by atoms with Crippen molar-refractivity contribution in [2.75, 3.05) is 30.4 Å². The lowest BCUT2D eigenvalue weighted by Gasteiger charge is -2.35. The molecule has 0 spiro atoms. The van der Waals surface area contributed by atoms with Gasteiger partial charge >= 0.3 is 0 Å². The number of pyridine rings is 1. The summed E-state index contributed by atoms with van der Waals surface area (Å²) in [7, 11) is 0. The maximum absolute atomic E-state index is 14.0. The molecule has 1 saturated heterocycles. The van der Waals surface area contributed by atoms with Crippen LogP contribution in [-0.2, 0) is 6.54 Å². The average molecular weight is 448 g/mol. The Labute approximate surface area is 190 Å². The minimum absolute atomic E-state index is 0.0338. The van der Waals surface area contributed by atoms with Gasteiger partial charge < -0.3 is 16.4 Å². The molecule has 33 heavy (non-hydrogen) atoms. The van der Waals surface area contributed by atoms with E-state index in [0.717, 1.165) is 24.8 Å². The molecule has 1 amide bonds. The molecule has 2 heterocycles. The molecule has 4 N–H and O–H groups in total. The molecule has 4 rings (SSSR count). The molecule has 1 fully saturated rings. The Morgan fingerprint density at radius 1 is 1.21 bits per heavy atom. The largest absolute Gasteiger partial charge is 0.380 e. The fraction of sp³-hybridized carbons (Fsp3) is 0.208. The minimum atomic E-state index is -0.943. The predicted molar refractivity (Wildman–Crippen MR) is 122 cm³/mol. The van der Waals surface area contributed by atoms with E-state index in [2.05, 4.69) is 25.4 Å². The minimum Gasteiger partial charge on any atom is -0.380 e. The van der Waals surface area contributed by atoms with Crippen LogP contribution in [0.3, 0.4) is 0 Å². The van der Waals surface area contributed by atoms with Gasteiger partial charge in [-0.2, -0.15) is 0 Å². The van der Waals surface area contributed by atoms with E-state index in [9.17, 15) is 13.6 Å². The number of benzene rings is 2. The summed E-state index contributed by atoms with van der Waals surface area (Å²) in [6.07, 6.45) is 1.34. The zero-order valence-electron chi connectivity index (χ0n) is 17.7.